The average molecular weight is 432 g/mol. The van der Waals surface area contributed by atoms with Gasteiger partial charge in [-0.2, -0.15) is 13.2 Å². The number of amides is 1. The summed E-state index contributed by atoms with van der Waals surface area (Å²) in [5.41, 5.74) is 0.683. The van der Waals surface area contributed by atoms with Crippen molar-refractivity contribution < 1.29 is 27.1 Å². The summed E-state index contributed by atoms with van der Waals surface area (Å²) in [4.78, 5) is 19.9. The Bertz CT molecular complexity index is 833. The fourth-order valence-corrected chi connectivity index (χ4v) is 3.17. The molecule has 0 N–H and O–H groups in total. The van der Waals surface area contributed by atoms with Crippen LogP contribution in [0.3, 0.4) is 0 Å². The molecule has 1 aliphatic rings. The van der Waals surface area contributed by atoms with Gasteiger partial charge in [0.05, 0.1) is 5.56 Å². The molecule has 0 unspecified atom stereocenters. The third kappa shape index (κ3) is 5.80. The molecule has 1 saturated heterocycles. The number of aromatic nitrogens is 1. The predicted octanol–water partition coefficient (Wildman–Crippen LogP) is 3.77. The van der Waals surface area contributed by atoms with Crippen LogP contribution >= 0.6 is 11.6 Å². The van der Waals surface area contributed by atoms with E-state index in [9.17, 15) is 22.4 Å². The molecule has 2 heterocycles. The van der Waals surface area contributed by atoms with Gasteiger partial charge < -0.3 is 9.64 Å². The summed E-state index contributed by atoms with van der Waals surface area (Å²) in [5, 5.41) is 0.363. The number of carbonyl (C=O) groups excluding carboxylic acids is 1. The lowest BCUT2D eigenvalue weighted by atomic mass is 10.1. The number of halogens is 5. The molecule has 0 atom stereocenters. The molecule has 10 heteroatoms. The van der Waals surface area contributed by atoms with E-state index >= 15 is 0 Å². The Hall–Kier alpha value is -2.39. The molecule has 0 bridgehead atoms. The molecule has 1 aliphatic heterocycles. The first-order chi connectivity index (χ1) is 13.7. The normalized spacial score (nSPS) is 15.4. The third-order valence-electron chi connectivity index (χ3n) is 4.47. The highest BCUT2D eigenvalue weighted by Gasteiger charge is 2.29. The Labute approximate surface area is 169 Å². The summed E-state index contributed by atoms with van der Waals surface area (Å²) in [6.07, 6.45) is -3.26. The number of ether oxygens (including phenoxy) is 1. The number of hydrogen-bond acceptors (Lipinski definition) is 4. The molecule has 3 rings (SSSR count). The van der Waals surface area contributed by atoms with Gasteiger partial charge in [-0.15, -0.1) is 0 Å². The molecule has 0 aliphatic carbocycles. The molecule has 5 nitrogen and oxygen atoms in total. The number of pyridine rings is 1. The van der Waals surface area contributed by atoms with Crippen LogP contribution in [0.25, 0.3) is 0 Å². The summed E-state index contributed by atoms with van der Waals surface area (Å²) >= 11 is 6.06. The first kappa shape index (κ1) is 21.3. The Kier molecular flexibility index (Phi) is 6.59. The molecule has 156 valence electrons. The summed E-state index contributed by atoms with van der Waals surface area (Å²) in [6.45, 7) is 0.837. The SMILES string of the molecule is O=C(c1ccc(OCC(F)(F)F)nc1)N1CCN(Cc2c(F)cccc2Cl)CC1. The second-order valence-electron chi connectivity index (χ2n) is 6.56. The van der Waals surface area contributed by atoms with Crippen LogP contribution in [-0.4, -0.2) is 59.7 Å². The lowest BCUT2D eigenvalue weighted by Gasteiger charge is -2.35. The Balaban J connectivity index is 1.53. The van der Waals surface area contributed by atoms with Crippen LogP contribution in [0, 0.1) is 5.82 Å². The lowest BCUT2D eigenvalue weighted by molar-refractivity contribution is -0.154. The van der Waals surface area contributed by atoms with Gasteiger partial charge in [0.2, 0.25) is 5.88 Å². The van der Waals surface area contributed by atoms with Crippen molar-refractivity contribution in [2.75, 3.05) is 32.8 Å². The zero-order chi connectivity index (χ0) is 21.0. The van der Waals surface area contributed by atoms with E-state index < -0.39 is 12.8 Å². The fraction of sp³-hybridized carbons (Fsp3) is 0.368. The number of benzene rings is 1. The van der Waals surface area contributed by atoms with Gasteiger partial charge in [-0.3, -0.25) is 9.69 Å². The number of piperazine rings is 1. The van der Waals surface area contributed by atoms with E-state index in [0.717, 1.165) is 0 Å². The smallest absolute Gasteiger partial charge is 0.422 e. The van der Waals surface area contributed by atoms with Crippen molar-refractivity contribution in [2.24, 2.45) is 0 Å². The van der Waals surface area contributed by atoms with E-state index in [2.05, 4.69) is 9.72 Å². The number of rotatable bonds is 5. The van der Waals surface area contributed by atoms with E-state index in [1.165, 1.54) is 24.4 Å². The highest BCUT2D eigenvalue weighted by atomic mass is 35.5. The molecular weight excluding hydrogens is 414 g/mol. The first-order valence-electron chi connectivity index (χ1n) is 8.83. The largest absolute Gasteiger partial charge is 0.468 e. The van der Waals surface area contributed by atoms with Crippen LogP contribution in [0.1, 0.15) is 15.9 Å². The molecule has 1 fully saturated rings. The molecule has 29 heavy (non-hydrogen) atoms. The van der Waals surface area contributed by atoms with Gasteiger partial charge in [0.15, 0.2) is 6.61 Å². The topological polar surface area (TPSA) is 45.7 Å². The van der Waals surface area contributed by atoms with Crippen molar-refractivity contribution in [2.45, 2.75) is 12.7 Å². The van der Waals surface area contributed by atoms with E-state index in [1.807, 2.05) is 4.90 Å². The lowest BCUT2D eigenvalue weighted by Crippen LogP contribution is -2.48. The van der Waals surface area contributed by atoms with Crippen LogP contribution < -0.4 is 4.74 Å². The number of carbonyl (C=O) groups is 1. The summed E-state index contributed by atoms with van der Waals surface area (Å²) < 4.78 is 54.9. The van der Waals surface area contributed by atoms with Gasteiger partial charge >= 0.3 is 6.18 Å². The molecular formula is C19H18ClF4N3O2. The van der Waals surface area contributed by atoms with Crippen LogP contribution in [0.2, 0.25) is 5.02 Å². The fourth-order valence-electron chi connectivity index (χ4n) is 2.95. The van der Waals surface area contributed by atoms with Crippen molar-refractivity contribution in [3.05, 3.63) is 58.5 Å². The van der Waals surface area contributed by atoms with Crippen LogP contribution in [0.5, 0.6) is 5.88 Å². The zero-order valence-electron chi connectivity index (χ0n) is 15.3. The van der Waals surface area contributed by atoms with E-state index in [0.29, 0.717) is 43.3 Å². The van der Waals surface area contributed by atoms with Gasteiger partial charge in [0, 0.05) is 55.6 Å². The molecule has 2 aromatic rings. The van der Waals surface area contributed by atoms with E-state index in [1.54, 1.807) is 17.0 Å². The Morgan fingerprint density at radius 3 is 2.45 bits per heavy atom. The van der Waals surface area contributed by atoms with Crippen molar-refractivity contribution in [3.8, 4) is 5.88 Å². The number of alkyl halides is 3. The first-order valence-corrected chi connectivity index (χ1v) is 9.21. The number of nitrogens with zero attached hydrogens (tertiary/aromatic N) is 3. The third-order valence-corrected chi connectivity index (χ3v) is 4.82. The maximum Gasteiger partial charge on any atom is 0.422 e. The maximum absolute atomic E-state index is 13.9. The van der Waals surface area contributed by atoms with Crippen molar-refractivity contribution in [1.29, 1.82) is 0 Å². The van der Waals surface area contributed by atoms with Crippen LogP contribution in [0.15, 0.2) is 36.5 Å². The number of hydrogen-bond donors (Lipinski definition) is 0. The molecule has 1 aromatic carbocycles. The monoisotopic (exact) mass is 431 g/mol. The second-order valence-corrected chi connectivity index (χ2v) is 6.96. The van der Waals surface area contributed by atoms with Crippen molar-refractivity contribution in [3.63, 3.8) is 0 Å². The molecule has 0 saturated carbocycles. The summed E-state index contributed by atoms with van der Waals surface area (Å²) in [6, 6.07) is 7.15. The second kappa shape index (κ2) is 8.96. The minimum Gasteiger partial charge on any atom is -0.468 e. The van der Waals surface area contributed by atoms with Gasteiger partial charge in [0.25, 0.3) is 5.91 Å². The van der Waals surface area contributed by atoms with E-state index in [-0.39, 0.29) is 23.2 Å². The van der Waals surface area contributed by atoms with Gasteiger partial charge in [0.1, 0.15) is 5.82 Å². The van der Waals surface area contributed by atoms with Gasteiger partial charge in [-0.1, -0.05) is 17.7 Å². The minimum absolute atomic E-state index is 0.203. The summed E-state index contributed by atoms with van der Waals surface area (Å²) in [5.74, 6) is -0.844. The van der Waals surface area contributed by atoms with Crippen LogP contribution in [-0.2, 0) is 6.54 Å². The maximum atomic E-state index is 13.9. The predicted molar refractivity (Wildman–Crippen MR) is 98.4 cm³/mol. The van der Waals surface area contributed by atoms with Crippen LogP contribution in [0.4, 0.5) is 17.6 Å². The van der Waals surface area contributed by atoms with Gasteiger partial charge in [-0.05, 0) is 18.2 Å². The molecule has 1 amide bonds. The highest BCUT2D eigenvalue weighted by Crippen LogP contribution is 2.22. The van der Waals surface area contributed by atoms with Gasteiger partial charge in [-0.25, -0.2) is 9.37 Å². The average Bonchev–Trinajstić information content (AvgIpc) is 2.69. The standard InChI is InChI=1S/C19H18ClF4N3O2/c20-15-2-1-3-16(21)14(15)11-26-6-8-27(9-7-26)18(28)13-4-5-17(25-10-13)29-12-19(22,23)24/h1-5,10H,6-9,11-12H2. The quantitative estimate of drug-likeness (QED) is 0.676. The minimum atomic E-state index is -4.46. The Morgan fingerprint density at radius 2 is 1.86 bits per heavy atom. The molecule has 0 radical (unpaired) electrons. The van der Waals surface area contributed by atoms with E-state index in [4.69, 9.17) is 11.6 Å². The molecule has 0 spiro atoms. The Morgan fingerprint density at radius 1 is 1.14 bits per heavy atom. The summed E-state index contributed by atoms with van der Waals surface area (Å²) in [7, 11) is 0. The zero-order valence-corrected chi connectivity index (χ0v) is 16.0. The van der Waals surface area contributed by atoms with Crippen molar-refractivity contribution >= 4 is 17.5 Å². The van der Waals surface area contributed by atoms with Crippen molar-refractivity contribution in [1.82, 2.24) is 14.8 Å². The molecule has 1 aromatic heterocycles. The highest BCUT2D eigenvalue weighted by molar-refractivity contribution is 6.31.